The fourth-order valence-electron chi connectivity index (χ4n) is 2.95. The van der Waals surface area contributed by atoms with E-state index >= 15 is 0 Å². The summed E-state index contributed by atoms with van der Waals surface area (Å²) in [6.07, 6.45) is 0.285. The average molecular weight is 266 g/mol. The van der Waals surface area contributed by atoms with E-state index in [1.807, 2.05) is 14.0 Å². The van der Waals surface area contributed by atoms with E-state index in [0.717, 1.165) is 37.7 Å². The van der Waals surface area contributed by atoms with E-state index in [1.165, 1.54) is 5.56 Å². The Kier molecular flexibility index (Phi) is 4.33. The largest absolute Gasteiger partial charge is 0.465 e. The van der Waals surface area contributed by atoms with Gasteiger partial charge in [-0.05, 0) is 40.8 Å². The molecule has 1 aromatic rings. The minimum absolute atomic E-state index is 0.0664. The molecule has 0 saturated carbocycles. The Morgan fingerprint density at radius 2 is 2.21 bits per heavy atom. The van der Waals surface area contributed by atoms with E-state index in [4.69, 9.17) is 9.15 Å². The maximum absolute atomic E-state index is 5.94. The number of nitrogens with one attached hydrogen (secondary N) is 1. The molecule has 0 radical (unpaired) electrons. The summed E-state index contributed by atoms with van der Waals surface area (Å²) < 4.78 is 11.7. The van der Waals surface area contributed by atoms with Crippen LogP contribution in [0.15, 0.2) is 10.5 Å². The van der Waals surface area contributed by atoms with Crippen LogP contribution in [0, 0.1) is 6.92 Å². The molecule has 1 unspecified atom stereocenters. The second-order valence-electron chi connectivity index (χ2n) is 6.18. The van der Waals surface area contributed by atoms with Crippen molar-refractivity contribution in [3.63, 3.8) is 0 Å². The zero-order valence-corrected chi connectivity index (χ0v) is 12.7. The Morgan fingerprint density at radius 1 is 1.47 bits per heavy atom. The molecule has 4 heteroatoms. The lowest BCUT2D eigenvalue weighted by atomic mass is 10.0. The zero-order valence-electron chi connectivity index (χ0n) is 12.7. The third-order valence-corrected chi connectivity index (χ3v) is 3.46. The van der Waals surface area contributed by atoms with E-state index in [1.54, 1.807) is 0 Å². The Morgan fingerprint density at radius 3 is 2.84 bits per heavy atom. The highest BCUT2D eigenvalue weighted by molar-refractivity contribution is 5.21. The molecular weight excluding hydrogens is 240 g/mol. The summed E-state index contributed by atoms with van der Waals surface area (Å²) in [5.41, 5.74) is 1.22. The van der Waals surface area contributed by atoms with Crippen molar-refractivity contribution in [1.29, 1.82) is 0 Å². The Bertz CT molecular complexity index is 426. The molecule has 1 aliphatic rings. The highest BCUT2D eigenvalue weighted by Gasteiger charge is 2.31. The minimum Gasteiger partial charge on any atom is -0.465 e. The predicted molar refractivity (Wildman–Crippen MR) is 76.1 cm³/mol. The van der Waals surface area contributed by atoms with Gasteiger partial charge in [0.05, 0.1) is 18.2 Å². The van der Waals surface area contributed by atoms with Gasteiger partial charge in [0.25, 0.3) is 0 Å². The summed E-state index contributed by atoms with van der Waals surface area (Å²) in [6.45, 7) is 12.2. The third kappa shape index (κ3) is 3.81. The van der Waals surface area contributed by atoms with Gasteiger partial charge >= 0.3 is 0 Å². The monoisotopic (exact) mass is 266 g/mol. The molecule has 1 N–H and O–H groups in total. The molecule has 0 aromatic carbocycles. The fourth-order valence-corrected chi connectivity index (χ4v) is 2.95. The van der Waals surface area contributed by atoms with Gasteiger partial charge in [-0.2, -0.15) is 0 Å². The molecule has 2 rings (SSSR count). The predicted octanol–water partition coefficient (Wildman–Crippen LogP) is 2.31. The van der Waals surface area contributed by atoms with Gasteiger partial charge in [0.1, 0.15) is 11.5 Å². The quantitative estimate of drug-likeness (QED) is 0.907. The van der Waals surface area contributed by atoms with Crippen LogP contribution in [0.5, 0.6) is 0 Å². The van der Waals surface area contributed by atoms with Crippen LogP contribution in [-0.4, -0.2) is 36.7 Å². The normalized spacial score (nSPS) is 23.7. The first-order valence-corrected chi connectivity index (χ1v) is 7.02. The van der Waals surface area contributed by atoms with Crippen LogP contribution in [0.3, 0.4) is 0 Å². The number of hydrogen-bond donors (Lipinski definition) is 1. The lowest BCUT2D eigenvalue weighted by Gasteiger charge is -2.41. The molecule has 1 fully saturated rings. The maximum atomic E-state index is 5.94. The van der Waals surface area contributed by atoms with Crippen molar-refractivity contribution in [2.45, 2.75) is 52.5 Å². The van der Waals surface area contributed by atoms with Crippen LogP contribution in [-0.2, 0) is 17.8 Å². The Labute approximate surface area is 116 Å². The van der Waals surface area contributed by atoms with Gasteiger partial charge in [0.2, 0.25) is 0 Å². The molecule has 2 heterocycles. The summed E-state index contributed by atoms with van der Waals surface area (Å²) in [6, 6.07) is 2.17. The highest BCUT2D eigenvalue weighted by atomic mass is 16.5. The van der Waals surface area contributed by atoms with Crippen LogP contribution in [0.2, 0.25) is 0 Å². The summed E-state index contributed by atoms with van der Waals surface area (Å²) in [5.74, 6) is 2.04. The number of ether oxygens (including phenoxy) is 1. The lowest BCUT2D eigenvalue weighted by molar-refractivity contribution is -0.130. The van der Waals surface area contributed by atoms with Crippen LogP contribution in [0.1, 0.15) is 37.9 Å². The molecule has 0 bridgehead atoms. The van der Waals surface area contributed by atoms with Gasteiger partial charge in [-0.3, -0.25) is 4.90 Å². The van der Waals surface area contributed by atoms with E-state index in [9.17, 15) is 0 Å². The second-order valence-corrected chi connectivity index (χ2v) is 6.18. The van der Waals surface area contributed by atoms with Gasteiger partial charge in [-0.15, -0.1) is 0 Å². The van der Waals surface area contributed by atoms with Crippen molar-refractivity contribution in [3.05, 3.63) is 23.2 Å². The molecule has 0 amide bonds. The van der Waals surface area contributed by atoms with Crippen LogP contribution >= 0.6 is 0 Å². The minimum atomic E-state index is -0.0664. The van der Waals surface area contributed by atoms with Gasteiger partial charge in [0, 0.05) is 25.2 Å². The third-order valence-electron chi connectivity index (χ3n) is 3.46. The van der Waals surface area contributed by atoms with Crippen LogP contribution in [0.25, 0.3) is 0 Å². The summed E-state index contributed by atoms with van der Waals surface area (Å²) in [7, 11) is 1.93. The maximum Gasteiger partial charge on any atom is 0.118 e. The second kappa shape index (κ2) is 5.65. The summed E-state index contributed by atoms with van der Waals surface area (Å²) in [5, 5.41) is 3.12. The molecule has 1 atom stereocenters. The van der Waals surface area contributed by atoms with Crippen molar-refractivity contribution in [1.82, 2.24) is 10.2 Å². The van der Waals surface area contributed by atoms with Crippen molar-refractivity contribution in [3.8, 4) is 0 Å². The average Bonchev–Trinajstić information content (AvgIpc) is 2.56. The molecular formula is C15H26N2O2. The summed E-state index contributed by atoms with van der Waals surface area (Å²) in [4.78, 5) is 2.45. The van der Waals surface area contributed by atoms with E-state index in [-0.39, 0.29) is 11.7 Å². The van der Waals surface area contributed by atoms with Crippen LogP contribution in [0.4, 0.5) is 0 Å². The molecule has 0 spiro atoms. The van der Waals surface area contributed by atoms with Crippen molar-refractivity contribution in [2.24, 2.45) is 0 Å². The van der Waals surface area contributed by atoms with E-state index in [0.29, 0.717) is 0 Å². The zero-order chi connectivity index (χ0) is 14.0. The Balaban J connectivity index is 2.04. The van der Waals surface area contributed by atoms with Crippen molar-refractivity contribution in [2.75, 3.05) is 20.1 Å². The molecule has 108 valence electrons. The fraction of sp³-hybridized carbons (Fsp3) is 0.733. The number of morpholine rings is 1. The number of furan rings is 1. The number of nitrogens with zero attached hydrogens (tertiary/aromatic N) is 1. The molecule has 1 saturated heterocycles. The van der Waals surface area contributed by atoms with E-state index < -0.39 is 0 Å². The van der Waals surface area contributed by atoms with Gasteiger partial charge in [0.15, 0.2) is 0 Å². The molecule has 19 heavy (non-hydrogen) atoms. The summed E-state index contributed by atoms with van der Waals surface area (Å²) >= 11 is 0. The first-order valence-electron chi connectivity index (χ1n) is 7.02. The standard InChI is InChI=1S/C15H26N2O2/c1-11-8-17(10-15(3,4)19-11)9-13-6-14(7-16-5)18-12(13)2/h6,11,16H,7-10H2,1-5H3. The van der Waals surface area contributed by atoms with E-state index in [2.05, 4.69) is 37.1 Å². The van der Waals surface area contributed by atoms with Crippen molar-refractivity contribution >= 4 is 0 Å². The molecule has 1 aromatic heterocycles. The lowest BCUT2D eigenvalue weighted by Crippen LogP contribution is -2.51. The van der Waals surface area contributed by atoms with Gasteiger partial charge in [-0.25, -0.2) is 0 Å². The number of aryl methyl sites for hydroxylation is 1. The number of rotatable bonds is 4. The first kappa shape index (κ1) is 14.6. The van der Waals surface area contributed by atoms with Crippen LogP contribution < -0.4 is 5.32 Å². The number of hydrogen-bond acceptors (Lipinski definition) is 4. The first-order chi connectivity index (χ1) is 8.89. The highest BCUT2D eigenvalue weighted by Crippen LogP contribution is 2.24. The van der Waals surface area contributed by atoms with Crippen molar-refractivity contribution < 1.29 is 9.15 Å². The molecule has 0 aliphatic carbocycles. The topological polar surface area (TPSA) is 37.6 Å². The SMILES string of the molecule is CNCc1cc(CN2CC(C)OC(C)(C)C2)c(C)o1. The Hall–Kier alpha value is -0.840. The van der Waals surface area contributed by atoms with Gasteiger partial charge < -0.3 is 14.5 Å². The smallest absolute Gasteiger partial charge is 0.118 e. The molecule has 4 nitrogen and oxygen atoms in total. The molecule has 1 aliphatic heterocycles. The van der Waals surface area contributed by atoms with Gasteiger partial charge in [-0.1, -0.05) is 0 Å².